The molecule has 16 heavy (non-hydrogen) atoms. The third-order valence-corrected chi connectivity index (χ3v) is 3.29. The second-order valence-corrected chi connectivity index (χ2v) is 4.36. The minimum absolute atomic E-state index is 0.834. The summed E-state index contributed by atoms with van der Waals surface area (Å²) in [5, 5.41) is 9.19. The summed E-state index contributed by atoms with van der Waals surface area (Å²) in [6.45, 7) is 4.32. The van der Waals surface area contributed by atoms with Crippen molar-refractivity contribution in [1.29, 1.82) is 5.26 Å². The summed E-state index contributed by atoms with van der Waals surface area (Å²) in [5.41, 5.74) is 3.21. The Morgan fingerprint density at radius 1 is 1.25 bits per heavy atom. The van der Waals surface area contributed by atoms with Crippen molar-refractivity contribution >= 4 is 5.69 Å². The predicted molar refractivity (Wildman–Crippen MR) is 66.6 cm³/mol. The monoisotopic (exact) mass is 214 g/mol. The van der Waals surface area contributed by atoms with Crippen molar-refractivity contribution in [2.45, 2.75) is 32.6 Å². The summed E-state index contributed by atoms with van der Waals surface area (Å²) in [6.07, 6.45) is 4.82. The molecule has 1 aromatic rings. The second-order valence-electron chi connectivity index (χ2n) is 4.36. The first-order valence-corrected chi connectivity index (χ1v) is 6.13. The number of anilines is 1. The Morgan fingerprint density at radius 2 is 2.00 bits per heavy atom. The van der Waals surface area contributed by atoms with E-state index in [0.29, 0.717) is 0 Å². The van der Waals surface area contributed by atoms with Crippen molar-refractivity contribution in [1.82, 2.24) is 0 Å². The smallest absolute Gasteiger partial charge is 0.101 e. The number of hydrogen-bond donors (Lipinski definition) is 0. The van der Waals surface area contributed by atoms with E-state index in [4.69, 9.17) is 0 Å². The van der Waals surface area contributed by atoms with Gasteiger partial charge < -0.3 is 4.90 Å². The molecule has 1 aromatic carbocycles. The van der Waals surface area contributed by atoms with Crippen LogP contribution in [0.5, 0.6) is 0 Å². The lowest BCUT2D eigenvalue weighted by Gasteiger charge is -2.29. The lowest BCUT2D eigenvalue weighted by atomic mass is 10.0. The van der Waals surface area contributed by atoms with Crippen molar-refractivity contribution in [3.63, 3.8) is 0 Å². The summed E-state index contributed by atoms with van der Waals surface area (Å²) in [7, 11) is 0. The summed E-state index contributed by atoms with van der Waals surface area (Å²) in [5.74, 6) is 0. The molecule has 1 heterocycles. The Bertz CT molecular complexity index is 398. The molecule has 2 nitrogen and oxygen atoms in total. The summed E-state index contributed by atoms with van der Waals surface area (Å²) in [4.78, 5) is 2.35. The molecule has 0 atom stereocenters. The Morgan fingerprint density at radius 3 is 2.62 bits per heavy atom. The van der Waals surface area contributed by atoms with Crippen LogP contribution in [0.1, 0.15) is 37.3 Å². The largest absolute Gasteiger partial charge is 0.370 e. The van der Waals surface area contributed by atoms with Gasteiger partial charge in [0.05, 0.1) is 11.3 Å². The van der Waals surface area contributed by atoms with Gasteiger partial charge in [-0.25, -0.2) is 0 Å². The van der Waals surface area contributed by atoms with Crippen molar-refractivity contribution in [2.75, 3.05) is 18.0 Å². The van der Waals surface area contributed by atoms with E-state index in [0.717, 1.165) is 30.8 Å². The highest BCUT2D eigenvalue weighted by molar-refractivity contribution is 5.60. The van der Waals surface area contributed by atoms with Crippen LogP contribution in [0.3, 0.4) is 0 Å². The predicted octanol–water partition coefficient (Wildman–Crippen LogP) is 3.11. The molecule has 0 radical (unpaired) electrons. The van der Waals surface area contributed by atoms with Gasteiger partial charge in [0.2, 0.25) is 0 Å². The van der Waals surface area contributed by atoms with Crippen LogP contribution in [-0.4, -0.2) is 13.1 Å². The molecule has 1 fully saturated rings. The highest BCUT2D eigenvalue weighted by atomic mass is 15.1. The minimum Gasteiger partial charge on any atom is -0.370 e. The summed E-state index contributed by atoms with van der Waals surface area (Å²) in [6, 6.07) is 8.62. The van der Waals surface area contributed by atoms with E-state index in [1.807, 2.05) is 6.07 Å². The van der Waals surface area contributed by atoms with E-state index >= 15 is 0 Å². The van der Waals surface area contributed by atoms with Gasteiger partial charge in [0.1, 0.15) is 6.07 Å². The maximum absolute atomic E-state index is 9.19. The summed E-state index contributed by atoms with van der Waals surface area (Å²) >= 11 is 0. The van der Waals surface area contributed by atoms with Gasteiger partial charge in [-0.15, -0.1) is 0 Å². The molecule has 0 unspecified atom stereocenters. The fourth-order valence-corrected chi connectivity index (χ4v) is 2.30. The zero-order valence-electron chi connectivity index (χ0n) is 9.87. The maximum atomic E-state index is 9.19. The average Bonchev–Trinajstić information content (AvgIpc) is 2.39. The topological polar surface area (TPSA) is 27.0 Å². The number of nitrogens with zero attached hydrogens (tertiary/aromatic N) is 2. The Kier molecular flexibility index (Phi) is 3.46. The second kappa shape index (κ2) is 5.03. The lowest BCUT2D eigenvalue weighted by molar-refractivity contribution is 0.577. The Hall–Kier alpha value is -1.49. The third-order valence-electron chi connectivity index (χ3n) is 3.29. The first kappa shape index (κ1) is 11.0. The lowest BCUT2D eigenvalue weighted by Crippen LogP contribution is -2.30. The minimum atomic E-state index is 0.834. The molecular weight excluding hydrogens is 196 g/mol. The molecule has 1 aliphatic heterocycles. The van der Waals surface area contributed by atoms with E-state index in [1.165, 1.54) is 24.8 Å². The van der Waals surface area contributed by atoms with Crippen LogP contribution >= 0.6 is 0 Å². The number of rotatable bonds is 2. The zero-order chi connectivity index (χ0) is 11.4. The molecular formula is C14H18N2. The zero-order valence-corrected chi connectivity index (χ0v) is 9.87. The Labute approximate surface area is 97.5 Å². The number of nitriles is 1. The van der Waals surface area contributed by atoms with Crippen LogP contribution in [0.2, 0.25) is 0 Å². The van der Waals surface area contributed by atoms with Gasteiger partial charge in [-0.3, -0.25) is 0 Å². The molecule has 0 aliphatic carbocycles. The van der Waals surface area contributed by atoms with Crippen LogP contribution < -0.4 is 4.90 Å². The van der Waals surface area contributed by atoms with Crippen molar-refractivity contribution in [3.8, 4) is 6.07 Å². The maximum Gasteiger partial charge on any atom is 0.101 e. The van der Waals surface area contributed by atoms with Crippen LogP contribution in [0.25, 0.3) is 0 Å². The Balaban J connectivity index is 2.29. The molecule has 2 rings (SSSR count). The summed E-state index contributed by atoms with van der Waals surface area (Å²) < 4.78 is 0. The standard InChI is InChI=1S/C14H18N2/c1-2-12-6-7-14(13(10-12)11-15)16-8-4-3-5-9-16/h6-7,10H,2-5,8-9H2,1H3. The molecule has 0 N–H and O–H groups in total. The average molecular weight is 214 g/mol. The number of aryl methyl sites for hydroxylation is 1. The SMILES string of the molecule is CCc1ccc(N2CCCCC2)c(C#N)c1. The van der Waals surface area contributed by atoms with Crippen molar-refractivity contribution in [2.24, 2.45) is 0 Å². The molecule has 2 heteroatoms. The van der Waals surface area contributed by atoms with Gasteiger partial charge in [0.25, 0.3) is 0 Å². The van der Waals surface area contributed by atoms with Gasteiger partial charge >= 0.3 is 0 Å². The van der Waals surface area contributed by atoms with E-state index in [9.17, 15) is 5.26 Å². The number of hydrogen-bond acceptors (Lipinski definition) is 2. The fraction of sp³-hybridized carbons (Fsp3) is 0.500. The van der Waals surface area contributed by atoms with E-state index in [2.05, 4.69) is 30.0 Å². The quantitative estimate of drug-likeness (QED) is 0.756. The van der Waals surface area contributed by atoms with Crippen molar-refractivity contribution < 1.29 is 0 Å². The molecule has 1 saturated heterocycles. The molecule has 1 aliphatic rings. The van der Waals surface area contributed by atoms with Gasteiger partial charge in [0.15, 0.2) is 0 Å². The van der Waals surface area contributed by atoms with Crippen LogP contribution in [0.15, 0.2) is 18.2 Å². The van der Waals surface area contributed by atoms with Gasteiger partial charge in [-0.2, -0.15) is 5.26 Å². The van der Waals surface area contributed by atoms with E-state index in [1.54, 1.807) is 0 Å². The molecule has 0 saturated carbocycles. The van der Waals surface area contributed by atoms with Gasteiger partial charge in [-0.05, 0) is 43.4 Å². The molecule has 0 spiro atoms. The molecule has 0 bridgehead atoms. The van der Waals surface area contributed by atoms with Gasteiger partial charge in [-0.1, -0.05) is 13.0 Å². The third kappa shape index (κ3) is 2.19. The van der Waals surface area contributed by atoms with Crippen LogP contribution in [-0.2, 0) is 6.42 Å². The highest BCUT2D eigenvalue weighted by Gasteiger charge is 2.14. The first-order chi connectivity index (χ1) is 7.85. The number of piperidine rings is 1. The van der Waals surface area contributed by atoms with E-state index < -0.39 is 0 Å². The molecule has 0 amide bonds. The van der Waals surface area contributed by atoms with Crippen LogP contribution in [0, 0.1) is 11.3 Å². The highest BCUT2D eigenvalue weighted by Crippen LogP contribution is 2.24. The van der Waals surface area contributed by atoms with Crippen molar-refractivity contribution in [3.05, 3.63) is 29.3 Å². The molecule has 0 aromatic heterocycles. The van der Waals surface area contributed by atoms with E-state index in [-0.39, 0.29) is 0 Å². The number of benzene rings is 1. The van der Waals surface area contributed by atoms with Crippen LogP contribution in [0.4, 0.5) is 5.69 Å². The van der Waals surface area contributed by atoms with Gasteiger partial charge in [0, 0.05) is 13.1 Å². The molecule has 84 valence electrons. The fourth-order valence-electron chi connectivity index (χ4n) is 2.30. The normalized spacial score (nSPS) is 15.9. The first-order valence-electron chi connectivity index (χ1n) is 6.13.